The lowest BCUT2D eigenvalue weighted by molar-refractivity contribution is 0.0984. The van der Waals surface area contributed by atoms with Gasteiger partial charge in [-0.15, -0.1) is 11.3 Å². The predicted molar refractivity (Wildman–Crippen MR) is 74.4 cm³/mol. The summed E-state index contributed by atoms with van der Waals surface area (Å²) in [6.07, 6.45) is 9.12. The van der Waals surface area contributed by atoms with Gasteiger partial charge in [-0.05, 0) is 12.8 Å². The molecule has 0 aromatic carbocycles. The van der Waals surface area contributed by atoms with Gasteiger partial charge in [0.05, 0.1) is 0 Å². The Hall–Kier alpha value is -1.22. The maximum Gasteiger partial charge on any atom is 0.181 e. The molecule has 0 unspecified atom stereocenters. The molecule has 2 rings (SSSR count). The lowest BCUT2D eigenvalue weighted by atomic mass is 10.1. The SMILES string of the molecule is CC.CCC(=O)c1csc(C2=CCCC=C2)n1. The van der Waals surface area contributed by atoms with Gasteiger partial charge in [-0.3, -0.25) is 4.79 Å². The molecule has 0 N–H and O–H groups in total. The molecule has 1 aliphatic carbocycles. The highest BCUT2D eigenvalue weighted by atomic mass is 32.1. The van der Waals surface area contributed by atoms with Crippen LogP contribution in [0.15, 0.2) is 23.6 Å². The number of rotatable bonds is 3. The molecule has 0 aliphatic heterocycles. The van der Waals surface area contributed by atoms with E-state index in [0.717, 1.165) is 23.4 Å². The highest BCUT2D eigenvalue weighted by Gasteiger charge is 2.10. The summed E-state index contributed by atoms with van der Waals surface area (Å²) < 4.78 is 0. The van der Waals surface area contributed by atoms with Gasteiger partial charge in [-0.1, -0.05) is 39.0 Å². The van der Waals surface area contributed by atoms with Crippen molar-refractivity contribution in [3.05, 3.63) is 34.3 Å². The maximum absolute atomic E-state index is 11.4. The highest BCUT2D eigenvalue weighted by Crippen LogP contribution is 2.24. The van der Waals surface area contributed by atoms with Gasteiger partial charge in [0.25, 0.3) is 0 Å². The molecule has 0 radical (unpaired) electrons. The van der Waals surface area contributed by atoms with Crippen LogP contribution in [0, 0.1) is 0 Å². The summed E-state index contributed by atoms with van der Waals surface area (Å²) in [5.74, 6) is 0.123. The zero-order valence-corrected chi connectivity index (χ0v) is 11.5. The molecule has 1 aliphatic rings. The fourth-order valence-electron chi connectivity index (χ4n) is 1.49. The average Bonchev–Trinajstić information content (AvgIpc) is 2.91. The molecule has 0 bridgehead atoms. The molecule has 17 heavy (non-hydrogen) atoms. The Morgan fingerprint density at radius 1 is 1.41 bits per heavy atom. The van der Waals surface area contributed by atoms with Crippen LogP contribution in [0.25, 0.3) is 5.57 Å². The van der Waals surface area contributed by atoms with Gasteiger partial charge in [0.2, 0.25) is 0 Å². The monoisotopic (exact) mass is 249 g/mol. The number of allylic oxidation sites excluding steroid dienone is 4. The van der Waals surface area contributed by atoms with E-state index in [1.807, 2.05) is 26.2 Å². The molecule has 0 saturated carbocycles. The van der Waals surface area contributed by atoms with Crippen molar-refractivity contribution >= 4 is 22.7 Å². The maximum atomic E-state index is 11.4. The van der Waals surface area contributed by atoms with Crippen LogP contribution in [0.1, 0.15) is 55.5 Å². The molecule has 2 nitrogen and oxygen atoms in total. The molecule has 0 atom stereocenters. The molecule has 0 spiro atoms. The molecule has 92 valence electrons. The van der Waals surface area contributed by atoms with Crippen molar-refractivity contribution < 1.29 is 4.79 Å². The van der Waals surface area contributed by atoms with Crippen molar-refractivity contribution in [2.45, 2.75) is 40.0 Å². The largest absolute Gasteiger partial charge is 0.292 e. The van der Waals surface area contributed by atoms with Gasteiger partial charge in [-0.2, -0.15) is 0 Å². The number of aromatic nitrogens is 1. The minimum Gasteiger partial charge on any atom is -0.292 e. The number of thiazole rings is 1. The summed E-state index contributed by atoms with van der Waals surface area (Å²) in [6, 6.07) is 0. The summed E-state index contributed by atoms with van der Waals surface area (Å²) in [5, 5.41) is 2.81. The lowest BCUT2D eigenvalue weighted by Crippen LogP contribution is -1.96. The number of carbonyl (C=O) groups excluding carboxylic acids is 1. The molecular formula is C14H19NOS. The van der Waals surface area contributed by atoms with Crippen LogP contribution < -0.4 is 0 Å². The normalized spacial score (nSPS) is 13.7. The Balaban J connectivity index is 0.000000686. The van der Waals surface area contributed by atoms with Gasteiger partial charge in [-0.25, -0.2) is 4.98 Å². The van der Waals surface area contributed by atoms with Crippen LogP contribution in [0.2, 0.25) is 0 Å². The van der Waals surface area contributed by atoms with Crippen molar-refractivity contribution in [3.8, 4) is 0 Å². The fraction of sp³-hybridized carbons (Fsp3) is 0.429. The molecule has 0 fully saturated rings. The molecule has 0 saturated heterocycles. The van der Waals surface area contributed by atoms with E-state index in [1.54, 1.807) is 11.3 Å². The van der Waals surface area contributed by atoms with Crippen molar-refractivity contribution in [1.29, 1.82) is 0 Å². The number of nitrogens with zero attached hydrogens (tertiary/aromatic N) is 1. The Bertz CT molecular complexity index is 429. The summed E-state index contributed by atoms with van der Waals surface area (Å²) in [4.78, 5) is 15.8. The van der Waals surface area contributed by atoms with Crippen molar-refractivity contribution in [1.82, 2.24) is 4.98 Å². The minimum absolute atomic E-state index is 0.123. The standard InChI is InChI=1S/C12H13NOS.C2H6/c1-2-11(14)10-8-15-12(13-10)9-6-4-3-5-7-9;1-2/h4,6-8H,2-3,5H2,1H3;1-2H3. The Kier molecular flexibility index (Phi) is 5.84. The lowest BCUT2D eigenvalue weighted by Gasteiger charge is -2.02. The number of hydrogen-bond donors (Lipinski definition) is 0. The third-order valence-electron chi connectivity index (χ3n) is 2.35. The predicted octanol–water partition coefficient (Wildman–Crippen LogP) is 4.50. The molecule has 3 heteroatoms. The van der Waals surface area contributed by atoms with Crippen LogP contribution in [0.4, 0.5) is 0 Å². The zero-order valence-electron chi connectivity index (χ0n) is 10.7. The minimum atomic E-state index is 0.123. The van der Waals surface area contributed by atoms with E-state index in [2.05, 4.69) is 23.2 Å². The summed E-state index contributed by atoms with van der Waals surface area (Å²) in [5.41, 5.74) is 1.76. The number of carbonyl (C=O) groups is 1. The van der Waals surface area contributed by atoms with Crippen LogP contribution in [-0.2, 0) is 0 Å². The smallest absolute Gasteiger partial charge is 0.181 e. The first-order valence-electron chi connectivity index (χ1n) is 6.17. The van der Waals surface area contributed by atoms with Crippen molar-refractivity contribution in [2.75, 3.05) is 0 Å². The van der Waals surface area contributed by atoms with Gasteiger partial charge in [0, 0.05) is 17.4 Å². The van der Waals surface area contributed by atoms with Crippen molar-refractivity contribution in [3.63, 3.8) is 0 Å². The van der Waals surface area contributed by atoms with E-state index in [-0.39, 0.29) is 5.78 Å². The van der Waals surface area contributed by atoms with E-state index in [0.29, 0.717) is 12.1 Å². The first kappa shape index (κ1) is 13.8. The van der Waals surface area contributed by atoms with E-state index >= 15 is 0 Å². The Morgan fingerprint density at radius 3 is 2.76 bits per heavy atom. The van der Waals surface area contributed by atoms with Gasteiger partial charge < -0.3 is 0 Å². The number of Topliss-reactive ketones (excluding diaryl/α,β-unsaturated/α-hetero) is 1. The van der Waals surface area contributed by atoms with E-state index in [4.69, 9.17) is 0 Å². The van der Waals surface area contributed by atoms with Crippen LogP contribution >= 0.6 is 11.3 Å². The van der Waals surface area contributed by atoms with Gasteiger partial charge >= 0.3 is 0 Å². The van der Waals surface area contributed by atoms with E-state index < -0.39 is 0 Å². The molecule has 0 amide bonds. The zero-order chi connectivity index (χ0) is 12.7. The quantitative estimate of drug-likeness (QED) is 0.738. The van der Waals surface area contributed by atoms with Gasteiger partial charge in [0.1, 0.15) is 10.7 Å². The molecule has 1 aromatic heterocycles. The third-order valence-corrected chi connectivity index (χ3v) is 3.24. The topological polar surface area (TPSA) is 30.0 Å². The molecule has 1 heterocycles. The fourth-order valence-corrected chi connectivity index (χ4v) is 2.33. The first-order chi connectivity index (χ1) is 8.31. The Labute approximate surface area is 107 Å². The Morgan fingerprint density at radius 2 is 2.18 bits per heavy atom. The average molecular weight is 249 g/mol. The second-order valence-corrected chi connectivity index (χ2v) is 4.31. The second-order valence-electron chi connectivity index (χ2n) is 3.45. The first-order valence-corrected chi connectivity index (χ1v) is 7.05. The van der Waals surface area contributed by atoms with Crippen LogP contribution in [-0.4, -0.2) is 10.8 Å². The molecule has 1 aromatic rings. The summed E-state index contributed by atoms with van der Waals surface area (Å²) in [7, 11) is 0. The van der Waals surface area contributed by atoms with Gasteiger partial charge in [0.15, 0.2) is 5.78 Å². The van der Waals surface area contributed by atoms with E-state index in [9.17, 15) is 4.79 Å². The second kappa shape index (κ2) is 7.17. The highest BCUT2D eigenvalue weighted by molar-refractivity contribution is 7.11. The number of hydrogen-bond acceptors (Lipinski definition) is 3. The van der Waals surface area contributed by atoms with Crippen LogP contribution in [0.5, 0.6) is 0 Å². The summed E-state index contributed by atoms with van der Waals surface area (Å²) in [6.45, 7) is 5.86. The summed E-state index contributed by atoms with van der Waals surface area (Å²) >= 11 is 1.55. The molecular weight excluding hydrogens is 230 g/mol. The van der Waals surface area contributed by atoms with Crippen LogP contribution in [0.3, 0.4) is 0 Å². The number of ketones is 1. The van der Waals surface area contributed by atoms with Crippen molar-refractivity contribution in [2.24, 2.45) is 0 Å². The third kappa shape index (κ3) is 3.63. The van der Waals surface area contributed by atoms with E-state index in [1.165, 1.54) is 0 Å².